The third kappa shape index (κ3) is 5.21. The smallest absolute Gasteiger partial charge is 0.115 e. The highest BCUT2D eigenvalue weighted by atomic mass is 28.2. The minimum Gasteiger partial charge on any atom is -0.189 e. The number of hydrogen-bond acceptors (Lipinski definition) is 2. The normalized spacial score (nSPS) is 18.1. The number of nitrogens with zero attached hydrogens (tertiary/aromatic N) is 2. The zero-order valence-corrected chi connectivity index (χ0v) is 13.3. The van der Waals surface area contributed by atoms with E-state index in [1.807, 2.05) is 0 Å². The van der Waals surface area contributed by atoms with Gasteiger partial charge in [0.1, 0.15) is 9.52 Å². The van der Waals surface area contributed by atoms with E-state index in [-0.39, 0.29) is 0 Å². The molecule has 0 bridgehead atoms. The highest BCUT2D eigenvalue weighted by Crippen LogP contribution is 2.31. The van der Waals surface area contributed by atoms with Crippen molar-refractivity contribution in [2.75, 3.05) is 6.54 Å². The Morgan fingerprint density at radius 3 is 2.00 bits per heavy atom. The molecule has 88 valence electrons. The molecule has 1 aliphatic rings. The van der Waals surface area contributed by atoms with Crippen molar-refractivity contribution < 1.29 is 0 Å². The van der Waals surface area contributed by atoms with Crippen LogP contribution in [0, 0.1) is 0 Å². The Morgan fingerprint density at radius 1 is 0.938 bits per heavy atom. The first-order valence-corrected chi connectivity index (χ1v) is 7.84. The Bertz CT molecular complexity index is 306. The van der Waals surface area contributed by atoms with E-state index in [1.165, 1.54) is 5.32 Å². The predicted molar refractivity (Wildman–Crippen MR) is 72.3 cm³/mol. The van der Waals surface area contributed by atoms with Crippen molar-refractivity contribution in [2.24, 2.45) is 10.2 Å². The first kappa shape index (κ1) is 13.8. The van der Waals surface area contributed by atoms with Crippen LogP contribution in [0.4, 0.5) is 0 Å². The summed E-state index contributed by atoms with van der Waals surface area (Å²) in [6.45, 7) is 14.6. The van der Waals surface area contributed by atoms with Crippen LogP contribution in [0.15, 0.2) is 20.7 Å². The van der Waals surface area contributed by atoms with Gasteiger partial charge in [-0.2, -0.15) is 10.2 Å². The fourth-order valence-electron chi connectivity index (χ4n) is 1.49. The summed E-state index contributed by atoms with van der Waals surface area (Å²) in [6, 6.07) is 0. The quantitative estimate of drug-likeness (QED) is 0.665. The molecule has 2 nitrogen and oxygen atoms in total. The lowest BCUT2D eigenvalue weighted by atomic mass is 10.2. The second-order valence-electron chi connectivity index (χ2n) is 6.29. The van der Waals surface area contributed by atoms with Crippen molar-refractivity contribution in [3.8, 4) is 0 Å². The summed E-state index contributed by atoms with van der Waals surface area (Å²) in [5, 5.41) is 12.2. The van der Waals surface area contributed by atoms with Crippen molar-refractivity contribution in [2.45, 2.75) is 58.0 Å². The summed E-state index contributed by atoms with van der Waals surface area (Å²) in [6.07, 6.45) is 1.12. The Morgan fingerprint density at radius 2 is 1.50 bits per heavy atom. The van der Waals surface area contributed by atoms with Gasteiger partial charge >= 0.3 is 0 Å². The zero-order valence-electron chi connectivity index (χ0n) is 11.3. The summed E-state index contributed by atoms with van der Waals surface area (Å²) in [5.41, 5.74) is 0. The SMILES string of the molecule is CC(C)(C)[Si]C1=C([Si]C(C)(C)C)N=NCC1. The Labute approximate surface area is 105 Å². The van der Waals surface area contributed by atoms with Gasteiger partial charge in [-0.25, -0.2) is 0 Å². The Kier molecular flexibility index (Phi) is 4.29. The minimum atomic E-state index is 0.333. The molecule has 0 unspecified atom stereocenters. The van der Waals surface area contributed by atoms with Gasteiger partial charge in [0, 0.05) is 5.32 Å². The first-order chi connectivity index (χ1) is 7.17. The zero-order chi connectivity index (χ0) is 12.4. The monoisotopic (exact) mass is 250 g/mol. The van der Waals surface area contributed by atoms with Crippen LogP contribution in [0.1, 0.15) is 48.0 Å². The average molecular weight is 250 g/mol. The second-order valence-corrected chi connectivity index (χ2v) is 10.9. The van der Waals surface area contributed by atoms with E-state index in [0.717, 1.165) is 32.0 Å². The van der Waals surface area contributed by atoms with E-state index in [0.29, 0.717) is 10.1 Å². The molecule has 0 N–H and O–H groups in total. The molecule has 4 heteroatoms. The van der Waals surface area contributed by atoms with Gasteiger partial charge in [0.15, 0.2) is 0 Å². The minimum absolute atomic E-state index is 0.333. The fourth-order valence-corrected chi connectivity index (χ4v) is 4.28. The molecule has 0 saturated carbocycles. The van der Waals surface area contributed by atoms with Gasteiger partial charge in [-0.1, -0.05) is 46.7 Å². The molecule has 0 aromatic carbocycles. The molecule has 0 fully saturated rings. The molecule has 0 aromatic rings. The van der Waals surface area contributed by atoms with Crippen molar-refractivity contribution >= 4 is 19.0 Å². The molecule has 0 amide bonds. The van der Waals surface area contributed by atoms with E-state index in [4.69, 9.17) is 0 Å². The molecule has 16 heavy (non-hydrogen) atoms. The van der Waals surface area contributed by atoms with E-state index < -0.39 is 0 Å². The van der Waals surface area contributed by atoms with E-state index in [2.05, 4.69) is 51.8 Å². The first-order valence-electron chi connectivity index (χ1n) is 5.84. The number of hydrogen-bond donors (Lipinski definition) is 0. The van der Waals surface area contributed by atoms with Gasteiger partial charge in [0.25, 0.3) is 0 Å². The maximum absolute atomic E-state index is 4.40. The molecule has 1 aliphatic heterocycles. The fraction of sp³-hybridized carbons (Fsp3) is 0.833. The lowest BCUT2D eigenvalue weighted by molar-refractivity contribution is 0.739. The van der Waals surface area contributed by atoms with Crippen LogP contribution in [0.25, 0.3) is 0 Å². The molecular weight excluding hydrogens is 228 g/mol. The van der Waals surface area contributed by atoms with Crippen LogP contribution >= 0.6 is 0 Å². The molecule has 0 aliphatic carbocycles. The third-order valence-corrected chi connectivity index (χ3v) is 5.11. The van der Waals surface area contributed by atoms with Crippen LogP contribution in [-0.2, 0) is 0 Å². The topological polar surface area (TPSA) is 24.7 Å². The van der Waals surface area contributed by atoms with Crippen molar-refractivity contribution in [3.63, 3.8) is 0 Å². The van der Waals surface area contributed by atoms with E-state index >= 15 is 0 Å². The van der Waals surface area contributed by atoms with Crippen molar-refractivity contribution in [1.29, 1.82) is 0 Å². The third-order valence-electron chi connectivity index (χ3n) is 1.94. The van der Waals surface area contributed by atoms with Gasteiger partial charge < -0.3 is 0 Å². The van der Waals surface area contributed by atoms with Crippen LogP contribution in [-0.4, -0.2) is 25.6 Å². The summed E-state index contributed by atoms with van der Waals surface area (Å²) < 4.78 is 0. The molecule has 4 radical (unpaired) electrons. The lowest BCUT2D eigenvalue weighted by Gasteiger charge is -2.25. The van der Waals surface area contributed by atoms with E-state index in [1.54, 1.807) is 5.20 Å². The van der Waals surface area contributed by atoms with Crippen molar-refractivity contribution in [1.82, 2.24) is 0 Å². The molecule has 1 heterocycles. The van der Waals surface area contributed by atoms with E-state index in [9.17, 15) is 0 Å². The second kappa shape index (κ2) is 4.96. The van der Waals surface area contributed by atoms with Gasteiger partial charge in [0.2, 0.25) is 0 Å². The summed E-state index contributed by atoms with van der Waals surface area (Å²) in [5.74, 6) is 0. The van der Waals surface area contributed by atoms with Crippen LogP contribution < -0.4 is 0 Å². The largest absolute Gasteiger partial charge is 0.189 e. The summed E-state index contributed by atoms with van der Waals surface area (Å²) >= 11 is 0. The average Bonchev–Trinajstić information content (AvgIpc) is 2.03. The molecule has 1 rings (SSSR count). The standard InChI is InChI=1S/C12H22N2Si2/c1-11(2,3)15-9-7-8-13-14-10(9)16-12(4,5)6/h7-8H2,1-6H3. The van der Waals surface area contributed by atoms with Gasteiger partial charge in [-0.05, 0) is 16.5 Å². The molecule has 0 saturated heterocycles. The maximum Gasteiger partial charge on any atom is 0.115 e. The number of azo groups is 1. The predicted octanol–water partition coefficient (Wildman–Crippen LogP) is 3.86. The van der Waals surface area contributed by atoms with Crippen LogP contribution in [0.3, 0.4) is 0 Å². The molecule has 0 aromatic heterocycles. The van der Waals surface area contributed by atoms with Gasteiger partial charge in [0.05, 0.1) is 16.1 Å². The van der Waals surface area contributed by atoms with Crippen LogP contribution in [0.5, 0.6) is 0 Å². The highest BCUT2D eigenvalue weighted by molar-refractivity contribution is 6.56. The van der Waals surface area contributed by atoms with Gasteiger partial charge in [-0.3, -0.25) is 0 Å². The number of rotatable bonds is 2. The lowest BCUT2D eigenvalue weighted by Crippen LogP contribution is -2.20. The van der Waals surface area contributed by atoms with Crippen LogP contribution in [0.2, 0.25) is 10.1 Å². The Hall–Kier alpha value is -0.226. The molecule has 0 atom stereocenters. The highest BCUT2D eigenvalue weighted by Gasteiger charge is 2.23. The maximum atomic E-state index is 4.40. The van der Waals surface area contributed by atoms with Crippen molar-refractivity contribution in [3.05, 3.63) is 10.5 Å². The summed E-state index contributed by atoms with van der Waals surface area (Å²) in [4.78, 5) is 0. The van der Waals surface area contributed by atoms with Gasteiger partial charge in [-0.15, -0.1) is 0 Å². The molecule has 0 spiro atoms. The summed E-state index contributed by atoms with van der Waals surface area (Å²) in [7, 11) is 1.67. The Balaban J connectivity index is 2.85. The molecular formula is C12H22N2Si2.